The fraction of sp³-hybridized carbons (Fsp3) is 0.188. The van der Waals surface area contributed by atoms with Crippen LogP contribution < -0.4 is 10.6 Å². The zero-order chi connectivity index (χ0) is 16.8. The van der Waals surface area contributed by atoms with Gasteiger partial charge >= 0.3 is 5.97 Å². The molecule has 0 saturated carbocycles. The second-order valence-corrected chi connectivity index (χ2v) is 4.73. The Bertz CT molecular complexity index is 692. The van der Waals surface area contributed by atoms with Crippen molar-refractivity contribution in [2.24, 2.45) is 0 Å². The molecule has 7 nitrogen and oxygen atoms in total. The number of carbonyl (C=O) groups is 3. The highest BCUT2D eigenvalue weighted by molar-refractivity contribution is 6.00. The van der Waals surface area contributed by atoms with Crippen molar-refractivity contribution in [3.63, 3.8) is 0 Å². The number of esters is 1. The molecule has 0 fully saturated rings. The van der Waals surface area contributed by atoms with Gasteiger partial charge in [0.2, 0.25) is 5.91 Å². The Kier molecular flexibility index (Phi) is 5.14. The minimum absolute atomic E-state index is 0.132. The Balaban J connectivity index is 1.93. The Morgan fingerprint density at radius 1 is 1.13 bits per heavy atom. The summed E-state index contributed by atoms with van der Waals surface area (Å²) in [5, 5.41) is 5.16. The molecule has 2 rings (SSSR count). The third-order valence-corrected chi connectivity index (χ3v) is 3.06. The van der Waals surface area contributed by atoms with Crippen LogP contribution in [0.3, 0.4) is 0 Å². The third-order valence-electron chi connectivity index (χ3n) is 3.06. The van der Waals surface area contributed by atoms with E-state index in [1.165, 1.54) is 31.6 Å². The standard InChI is InChI=1S/C16H16N2O5/c1-10(17-15(20)13-4-3-9-23-13)14(19)18-12-7-5-11(6-8-12)16(21)22-2/h3-10H,1-2H3,(H,17,20)(H,18,19). The number of carbonyl (C=O) groups excluding carboxylic acids is 3. The molecule has 23 heavy (non-hydrogen) atoms. The maximum atomic E-state index is 12.0. The Hall–Kier alpha value is -3.09. The molecule has 1 heterocycles. The molecule has 0 aliphatic carbocycles. The number of amides is 2. The molecule has 0 bridgehead atoms. The molecule has 1 aromatic carbocycles. The largest absolute Gasteiger partial charge is 0.465 e. The van der Waals surface area contributed by atoms with Crippen LogP contribution in [0.15, 0.2) is 47.1 Å². The molecule has 120 valence electrons. The van der Waals surface area contributed by atoms with Gasteiger partial charge in [0.05, 0.1) is 18.9 Å². The number of benzene rings is 1. The fourth-order valence-corrected chi connectivity index (χ4v) is 1.80. The van der Waals surface area contributed by atoms with E-state index in [4.69, 9.17) is 4.42 Å². The summed E-state index contributed by atoms with van der Waals surface area (Å²) in [7, 11) is 1.29. The number of methoxy groups -OCH3 is 1. The van der Waals surface area contributed by atoms with Gasteiger partial charge in [0.1, 0.15) is 6.04 Å². The molecule has 0 saturated heterocycles. The summed E-state index contributed by atoms with van der Waals surface area (Å²) < 4.78 is 9.54. The summed E-state index contributed by atoms with van der Waals surface area (Å²) in [6, 6.07) is 8.55. The van der Waals surface area contributed by atoms with E-state index in [-0.39, 0.29) is 5.76 Å². The summed E-state index contributed by atoms with van der Waals surface area (Å²) in [6.45, 7) is 1.55. The van der Waals surface area contributed by atoms with Crippen LogP contribution in [0.2, 0.25) is 0 Å². The predicted molar refractivity (Wildman–Crippen MR) is 82.0 cm³/mol. The predicted octanol–water partition coefficient (Wildman–Crippen LogP) is 1.82. The number of furan rings is 1. The monoisotopic (exact) mass is 316 g/mol. The quantitative estimate of drug-likeness (QED) is 0.820. The number of nitrogens with one attached hydrogen (secondary N) is 2. The van der Waals surface area contributed by atoms with Crippen LogP contribution in [0.25, 0.3) is 0 Å². The summed E-state index contributed by atoms with van der Waals surface area (Å²) >= 11 is 0. The van der Waals surface area contributed by atoms with E-state index in [0.29, 0.717) is 11.3 Å². The van der Waals surface area contributed by atoms with Crippen LogP contribution in [0.4, 0.5) is 5.69 Å². The Morgan fingerprint density at radius 3 is 2.39 bits per heavy atom. The van der Waals surface area contributed by atoms with Crippen LogP contribution in [-0.4, -0.2) is 30.9 Å². The number of anilines is 1. The summed E-state index contributed by atoms with van der Waals surface area (Å²) in [5.41, 5.74) is 0.881. The molecule has 0 aliphatic rings. The van der Waals surface area contributed by atoms with E-state index in [1.807, 2.05) is 0 Å². The van der Waals surface area contributed by atoms with Crippen molar-refractivity contribution in [1.29, 1.82) is 0 Å². The molecule has 0 aliphatic heterocycles. The van der Waals surface area contributed by atoms with E-state index >= 15 is 0 Å². The molecule has 0 radical (unpaired) electrons. The van der Waals surface area contributed by atoms with Gasteiger partial charge in [-0.3, -0.25) is 9.59 Å². The summed E-state index contributed by atoms with van der Waals surface area (Å²) in [5.74, 6) is -1.19. The smallest absolute Gasteiger partial charge is 0.337 e. The van der Waals surface area contributed by atoms with Crippen LogP contribution in [0, 0.1) is 0 Å². The van der Waals surface area contributed by atoms with Gasteiger partial charge in [-0.1, -0.05) is 0 Å². The van der Waals surface area contributed by atoms with Crippen molar-refractivity contribution in [3.8, 4) is 0 Å². The highest BCUT2D eigenvalue weighted by Gasteiger charge is 2.18. The molecule has 2 aromatic rings. The first-order valence-corrected chi connectivity index (χ1v) is 6.85. The molecule has 2 N–H and O–H groups in total. The van der Waals surface area contributed by atoms with Crippen LogP contribution >= 0.6 is 0 Å². The lowest BCUT2D eigenvalue weighted by Crippen LogP contribution is -2.41. The second kappa shape index (κ2) is 7.26. The van der Waals surface area contributed by atoms with Crippen molar-refractivity contribution < 1.29 is 23.5 Å². The molecule has 1 aromatic heterocycles. The molecular formula is C16H16N2O5. The molecule has 0 spiro atoms. The lowest BCUT2D eigenvalue weighted by Gasteiger charge is -2.13. The molecule has 1 atom stereocenters. The summed E-state index contributed by atoms with van der Waals surface area (Å²) in [4.78, 5) is 35.2. The topological polar surface area (TPSA) is 97.6 Å². The van der Waals surface area contributed by atoms with E-state index < -0.39 is 23.8 Å². The van der Waals surface area contributed by atoms with Gasteiger partial charge in [0.15, 0.2) is 5.76 Å². The lowest BCUT2D eigenvalue weighted by molar-refractivity contribution is -0.117. The minimum atomic E-state index is -0.757. The van der Waals surface area contributed by atoms with E-state index in [9.17, 15) is 14.4 Å². The lowest BCUT2D eigenvalue weighted by atomic mass is 10.2. The molecule has 1 unspecified atom stereocenters. The van der Waals surface area contributed by atoms with Crippen LogP contribution in [0.5, 0.6) is 0 Å². The molecule has 7 heteroatoms. The number of ether oxygens (including phenoxy) is 1. The minimum Gasteiger partial charge on any atom is -0.465 e. The fourth-order valence-electron chi connectivity index (χ4n) is 1.80. The SMILES string of the molecule is COC(=O)c1ccc(NC(=O)C(C)NC(=O)c2ccco2)cc1. The Morgan fingerprint density at radius 2 is 1.83 bits per heavy atom. The highest BCUT2D eigenvalue weighted by atomic mass is 16.5. The van der Waals surface area contributed by atoms with Crippen molar-refractivity contribution in [2.75, 3.05) is 12.4 Å². The van der Waals surface area contributed by atoms with Gasteiger partial charge in [-0.15, -0.1) is 0 Å². The van der Waals surface area contributed by atoms with Gasteiger partial charge in [-0.05, 0) is 43.3 Å². The van der Waals surface area contributed by atoms with Crippen molar-refractivity contribution in [3.05, 3.63) is 54.0 Å². The van der Waals surface area contributed by atoms with Crippen molar-refractivity contribution in [2.45, 2.75) is 13.0 Å². The van der Waals surface area contributed by atoms with E-state index in [0.717, 1.165) is 0 Å². The molecular weight excluding hydrogens is 300 g/mol. The third kappa shape index (κ3) is 4.19. The second-order valence-electron chi connectivity index (χ2n) is 4.73. The first-order valence-electron chi connectivity index (χ1n) is 6.85. The van der Waals surface area contributed by atoms with Crippen molar-refractivity contribution in [1.82, 2.24) is 5.32 Å². The highest BCUT2D eigenvalue weighted by Crippen LogP contribution is 2.11. The van der Waals surface area contributed by atoms with E-state index in [1.54, 1.807) is 25.1 Å². The van der Waals surface area contributed by atoms with Gasteiger partial charge in [-0.2, -0.15) is 0 Å². The van der Waals surface area contributed by atoms with Crippen molar-refractivity contribution >= 4 is 23.5 Å². The first kappa shape index (κ1) is 16.3. The van der Waals surface area contributed by atoms with Crippen LogP contribution in [0.1, 0.15) is 27.8 Å². The number of hydrogen-bond donors (Lipinski definition) is 2. The molecule has 2 amide bonds. The van der Waals surface area contributed by atoms with Gasteiger partial charge in [0, 0.05) is 5.69 Å². The van der Waals surface area contributed by atoms with E-state index in [2.05, 4.69) is 15.4 Å². The number of rotatable bonds is 5. The summed E-state index contributed by atoms with van der Waals surface area (Å²) in [6.07, 6.45) is 1.38. The maximum Gasteiger partial charge on any atom is 0.337 e. The number of hydrogen-bond acceptors (Lipinski definition) is 5. The zero-order valence-electron chi connectivity index (χ0n) is 12.7. The average Bonchev–Trinajstić information content (AvgIpc) is 3.09. The van der Waals surface area contributed by atoms with Crippen LogP contribution in [-0.2, 0) is 9.53 Å². The first-order chi connectivity index (χ1) is 11.0. The van der Waals surface area contributed by atoms with Gasteiger partial charge in [-0.25, -0.2) is 4.79 Å². The van der Waals surface area contributed by atoms with Gasteiger partial charge < -0.3 is 19.8 Å². The normalized spacial score (nSPS) is 11.4. The zero-order valence-corrected chi connectivity index (χ0v) is 12.7. The average molecular weight is 316 g/mol. The van der Waals surface area contributed by atoms with Gasteiger partial charge in [0.25, 0.3) is 5.91 Å². The Labute approximate surface area is 132 Å². The maximum absolute atomic E-state index is 12.0.